The summed E-state index contributed by atoms with van der Waals surface area (Å²) in [6, 6.07) is 14.9. The summed E-state index contributed by atoms with van der Waals surface area (Å²) in [7, 11) is 3.58. The number of hydrogen-bond donors (Lipinski definition) is 0. The minimum absolute atomic E-state index is 0.0926. The molecule has 4 rings (SSSR count). The Morgan fingerprint density at radius 1 is 1.00 bits per heavy atom. The van der Waals surface area contributed by atoms with Crippen molar-refractivity contribution in [2.24, 2.45) is 0 Å². The highest BCUT2D eigenvalue weighted by molar-refractivity contribution is 6.07. The molecule has 1 aliphatic heterocycles. The van der Waals surface area contributed by atoms with Crippen LogP contribution in [0, 0.1) is 0 Å². The molecule has 0 bridgehead atoms. The average molecular weight is 348 g/mol. The first kappa shape index (κ1) is 16.3. The van der Waals surface area contributed by atoms with Crippen molar-refractivity contribution in [3.05, 3.63) is 54.1 Å². The minimum Gasteiger partial charge on any atom is -0.497 e. The first-order chi connectivity index (χ1) is 12.7. The Kier molecular flexibility index (Phi) is 4.16. The van der Waals surface area contributed by atoms with Gasteiger partial charge in [0.1, 0.15) is 5.75 Å². The predicted octanol–water partition coefficient (Wildman–Crippen LogP) is 3.13. The third-order valence-electron chi connectivity index (χ3n) is 4.59. The van der Waals surface area contributed by atoms with E-state index in [4.69, 9.17) is 14.7 Å². The van der Waals surface area contributed by atoms with Gasteiger partial charge in [0.2, 0.25) is 0 Å². The maximum atomic E-state index is 13.2. The fraction of sp³-hybridized carbons (Fsp3) is 0.250. The first-order valence-corrected chi connectivity index (χ1v) is 8.61. The Bertz CT molecular complexity index is 973. The summed E-state index contributed by atoms with van der Waals surface area (Å²) in [5.74, 6) is 1.91. The quantitative estimate of drug-likeness (QED) is 0.712. The van der Waals surface area contributed by atoms with Crippen LogP contribution in [0.2, 0.25) is 0 Å². The van der Waals surface area contributed by atoms with E-state index in [-0.39, 0.29) is 5.91 Å². The van der Waals surface area contributed by atoms with Crippen LogP contribution in [0.3, 0.4) is 0 Å². The number of aromatic nitrogens is 2. The molecule has 0 saturated heterocycles. The maximum Gasteiger partial charge on any atom is 0.259 e. The van der Waals surface area contributed by atoms with E-state index in [1.165, 1.54) is 0 Å². The third kappa shape index (κ3) is 2.83. The molecule has 0 spiro atoms. The van der Waals surface area contributed by atoms with Gasteiger partial charge in [0.25, 0.3) is 5.91 Å². The monoisotopic (exact) mass is 348 g/mol. The molecule has 1 aromatic heterocycles. The molecule has 6 heteroatoms. The number of anilines is 2. The van der Waals surface area contributed by atoms with Gasteiger partial charge in [-0.25, -0.2) is 9.97 Å². The molecule has 0 N–H and O–H groups in total. The fourth-order valence-electron chi connectivity index (χ4n) is 3.21. The lowest BCUT2D eigenvalue weighted by Crippen LogP contribution is -2.32. The Balaban J connectivity index is 1.83. The van der Waals surface area contributed by atoms with Gasteiger partial charge in [-0.15, -0.1) is 0 Å². The number of rotatable bonds is 2. The van der Waals surface area contributed by atoms with Crippen LogP contribution < -0.4 is 14.5 Å². The third-order valence-corrected chi connectivity index (χ3v) is 4.59. The lowest BCUT2D eigenvalue weighted by atomic mass is 10.2. The topological polar surface area (TPSA) is 58.6 Å². The van der Waals surface area contributed by atoms with Crippen LogP contribution in [0.4, 0.5) is 11.6 Å². The zero-order valence-corrected chi connectivity index (χ0v) is 14.8. The molecule has 0 radical (unpaired) electrons. The van der Waals surface area contributed by atoms with Crippen LogP contribution in [0.5, 0.6) is 5.75 Å². The molecular weight excluding hydrogens is 328 g/mol. The molecular formula is C20H20N4O2. The second-order valence-electron chi connectivity index (χ2n) is 6.32. The van der Waals surface area contributed by atoms with Crippen LogP contribution in [0.25, 0.3) is 11.0 Å². The van der Waals surface area contributed by atoms with Gasteiger partial charge < -0.3 is 9.64 Å². The summed E-state index contributed by atoms with van der Waals surface area (Å²) < 4.78 is 5.25. The van der Waals surface area contributed by atoms with Gasteiger partial charge in [0, 0.05) is 25.7 Å². The fourth-order valence-corrected chi connectivity index (χ4v) is 3.21. The Hall–Kier alpha value is -3.15. The number of hydrogen-bond acceptors (Lipinski definition) is 5. The van der Waals surface area contributed by atoms with Crippen LogP contribution in [0.15, 0.2) is 48.5 Å². The van der Waals surface area contributed by atoms with Crippen LogP contribution in [-0.2, 0) is 0 Å². The molecule has 0 fully saturated rings. The molecule has 1 amide bonds. The van der Waals surface area contributed by atoms with Crippen molar-refractivity contribution in [1.29, 1.82) is 0 Å². The molecule has 0 saturated carbocycles. The Morgan fingerprint density at radius 3 is 2.46 bits per heavy atom. The number of carbonyl (C=O) groups is 1. The van der Waals surface area contributed by atoms with Crippen molar-refractivity contribution >= 4 is 28.6 Å². The van der Waals surface area contributed by atoms with E-state index in [9.17, 15) is 4.79 Å². The number of ether oxygens (including phenoxy) is 1. The van der Waals surface area contributed by atoms with Crippen molar-refractivity contribution in [2.75, 3.05) is 37.0 Å². The van der Waals surface area contributed by atoms with Crippen LogP contribution >= 0.6 is 0 Å². The number of para-hydroxylation sites is 2. The van der Waals surface area contributed by atoms with Gasteiger partial charge in [-0.3, -0.25) is 9.69 Å². The normalized spacial score (nSPS) is 14.1. The summed E-state index contributed by atoms with van der Waals surface area (Å²) in [6.07, 6.45) is 0.848. The summed E-state index contributed by atoms with van der Waals surface area (Å²) in [5, 5.41) is 0. The van der Waals surface area contributed by atoms with Gasteiger partial charge >= 0.3 is 0 Å². The van der Waals surface area contributed by atoms with E-state index >= 15 is 0 Å². The molecule has 2 aromatic carbocycles. The predicted molar refractivity (Wildman–Crippen MR) is 102 cm³/mol. The summed E-state index contributed by atoms with van der Waals surface area (Å²) in [5.41, 5.74) is 2.19. The number of benzene rings is 2. The molecule has 132 valence electrons. The van der Waals surface area contributed by atoms with Crippen molar-refractivity contribution in [3.63, 3.8) is 0 Å². The summed E-state index contributed by atoms with van der Waals surface area (Å²) in [4.78, 5) is 26.5. The van der Waals surface area contributed by atoms with Gasteiger partial charge in [0.05, 0.1) is 18.1 Å². The van der Waals surface area contributed by atoms with E-state index in [0.717, 1.165) is 29.8 Å². The number of nitrogens with zero attached hydrogens (tertiary/aromatic N) is 4. The summed E-state index contributed by atoms with van der Waals surface area (Å²) >= 11 is 0. The average Bonchev–Trinajstić information content (AvgIpc) is 2.84. The molecule has 2 heterocycles. The van der Waals surface area contributed by atoms with Gasteiger partial charge in [-0.2, -0.15) is 0 Å². The Morgan fingerprint density at radius 2 is 1.73 bits per heavy atom. The highest BCUT2D eigenvalue weighted by Gasteiger charge is 2.27. The van der Waals surface area contributed by atoms with Crippen LogP contribution in [0.1, 0.15) is 16.8 Å². The largest absolute Gasteiger partial charge is 0.497 e. The zero-order chi connectivity index (χ0) is 18.1. The lowest BCUT2D eigenvalue weighted by molar-refractivity contribution is 0.0986. The van der Waals surface area contributed by atoms with Crippen molar-refractivity contribution in [3.8, 4) is 5.75 Å². The number of fused-ring (bicyclic) bond motifs is 2. The van der Waals surface area contributed by atoms with E-state index in [0.29, 0.717) is 23.7 Å². The minimum atomic E-state index is -0.0926. The van der Waals surface area contributed by atoms with E-state index in [2.05, 4.69) is 4.90 Å². The maximum absolute atomic E-state index is 13.2. The molecule has 6 nitrogen and oxygen atoms in total. The van der Waals surface area contributed by atoms with Crippen molar-refractivity contribution < 1.29 is 9.53 Å². The molecule has 0 aliphatic carbocycles. The van der Waals surface area contributed by atoms with E-state index in [1.54, 1.807) is 24.1 Å². The first-order valence-electron chi connectivity index (χ1n) is 8.61. The Labute approximate surface area is 152 Å². The standard InChI is InChI=1S/C20H20N4O2/c1-23-11-6-12-24(20(25)14-7-5-8-15(13-14)26-2)19-18(23)21-16-9-3-4-10-17(16)22-19/h3-5,7-10,13H,6,11-12H2,1-2H3. The molecule has 3 aromatic rings. The smallest absolute Gasteiger partial charge is 0.259 e. The zero-order valence-electron chi connectivity index (χ0n) is 14.8. The van der Waals surface area contributed by atoms with Gasteiger partial charge in [0.15, 0.2) is 11.6 Å². The number of carbonyl (C=O) groups excluding carboxylic acids is 1. The number of amides is 1. The molecule has 0 atom stereocenters. The van der Waals surface area contributed by atoms with Crippen LogP contribution in [-0.4, -0.2) is 43.1 Å². The molecule has 26 heavy (non-hydrogen) atoms. The van der Waals surface area contributed by atoms with Gasteiger partial charge in [-0.1, -0.05) is 18.2 Å². The number of methoxy groups -OCH3 is 1. The summed E-state index contributed by atoms with van der Waals surface area (Å²) in [6.45, 7) is 1.42. The SMILES string of the molecule is COc1cccc(C(=O)N2CCCN(C)c3nc4ccccc4nc32)c1. The van der Waals surface area contributed by atoms with Crippen molar-refractivity contribution in [2.45, 2.75) is 6.42 Å². The lowest BCUT2D eigenvalue weighted by Gasteiger charge is -2.23. The second-order valence-corrected chi connectivity index (χ2v) is 6.32. The second kappa shape index (κ2) is 6.63. The molecule has 0 unspecified atom stereocenters. The van der Waals surface area contributed by atoms with Gasteiger partial charge in [-0.05, 0) is 36.8 Å². The highest BCUT2D eigenvalue weighted by Crippen LogP contribution is 2.31. The van der Waals surface area contributed by atoms with E-state index in [1.807, 2.05) is 43.4 Å². The highest BCUT2D eigenvalue weighted by atomic mass is 16.5. The van der Waals surface area contributed by atoms with Crippen molar-refractivity contribution in [1.82, 2.24) is 9.97 Å². The van der Waals surface area contributed by atoms with E-state index < -0.39 is 0 Å². The molecule has 1 aliphatic rings.